The number of rotatable bonds is 8. The average molecular weight is 224 g/mol. The van der Waals surface area contributed by atoms with Gasteiger partial charge in [-0.05, 0) is 44.9 Å². The molecule has 0 aliphatic rings. The molecular weight excluding hydrogens is 200 g/mol. The van der Waals surface area contributed by atoms with Crippen molar-refractivity contribution in [3.63, 3.8) is 0 Å². The highest BCUT2D eigenvalue weighted by Crippen LogP contribution is 1.99. The van der Waals surface area contributed by atoms with Crippen LogP contribution in [0.4, 0.5) is 0 Å². The lowest BCUT2D eigenvalue weighted by Crippen LogP contribution is -2.15. The van der Waals surface area contributed by atoms with Gasteiger partial charge in [-0.15, -0.1) is 0 Å². The van der Waals surface area contributed by atoms with Crippen LogP contribution >= 0.6 is 0 Å². The maximum Gasteiger partial charge on any atom is 0.0518 e. The minimum atomic E-state index is 0.359. The van der Waals surface area contributed by atoms with Gasteiger partial charge < -0.3 is 14.6 Å². The molecule has 0 radical (unpaired) electrons. The van der Waals surface area contributed by atoms with E-state index in [0.29, 0.717) is 6.10 Å². The van der Waals surface area contributed by atoms with Crippen molar-refractivity contribution < 1.29 is 4.74 Å². The van der Waals surface area contributed by atoms with Crippen molar-refractivity contribution in [2.75, 3.05) is 13.2 Å². The molecule has 0 unspecified atom stereocenters. The molecule has 3 heteroatoms. The normalized spacial score (nSPS) is 11.2. The number of hydrogen-bond donors (Lipinski definition) is 1. The van der Waals surface area contributed by atoms with Gasteiger partial charge in [-0.1, -0.05) is 0 Å². The number of nitrogens with zero attached hydrogens (tertiary/aromatic N) is 1. The molecule has 0 aliphatic carbocycles. The molecule has 1 rings (SSSR count). The molecule has 0 amide bonds. The Bertz CT molecular complexity index is 281. The molecular formula is C13H24N2O. The number of aryl methyl sites for hydroxylation is 1. The summed E-state index contributed by atoms with van der Waals surface area (Å²) in [6, 6.07) is 2.15. The van der Waals surface area contributed by atoms with Gasteiger partial charge in [0.2, 0.25) is 0 Å². The molecule has 3 nitrogen and oxygen atoms in total. The Kier molecular flexibility index (Phi) is 6.19. The van der Waals surface area contributed by atoms with Gasteiger partial charge in [-0.2, -0.15) is 0 Å². The Morgan fingerprint density at radius 3 is 2.81 bits per heavy atom. The SMILES string of the molecule is CC(C)OCCCCNCc1ccn(C)c1. The highest BCUT2D eigenvalue weighted by Gasteiger charge is 1.95. The van der Waals surface area contributed by atoms with Crippen LogP contribution < -0.4 is 5.32 Å². The predicted octanol–water partition coefficient (Wildman–Crippen LogP) is 2.32. The lowest BCUT2D eigenvalue weighted by Gasteiger charge is -2.07. The van der Waals surface area contributed by atoms with Crippen LogP contribution in [-0.4, -0.2) is 23.8 Å². The number of nitrogens with one attached hydrogen (secondary N) is 1. The zero-order chi connectivity index (χ0) is 11.8. The summed E-state index contributed by atoms with van der Waals surface area (Å²) in [6.07, 6.45) is 6.90. The highest BCUT2D eigenvalue weighted by atomic mass is 16.5. The molecule has 0 saturated carbocycles. The fraction of sp³-hybridized carbons (Fsp3) is 0.692. The molecule has 0 fully saturated rings. The van der Waals surface area contributed by atoms with Gasteiger partial charge in [0.25, 0.3) is 0 Å². The lowest BCUT2D eigenvalue weighted by molar-refractivity contribution is 0.0760. The standard InChI is InChI=1S/C13H24N2O/c1-12(2)16-9-5-4-7-14-10-13-6-8-15(3)11-13/h6,8,11-12,14H,4-5,7,9-10H2,1-3H3. The largest absolute Gasteiger partial charge is 0.379 e. The maximum atomic E-state index is 5.48. The summed E-state index contributed by atoms with van der Waals surface area (Å²) in [4.78, 5) is 0. The van der Waals surface area contributed by atoms with Crippen molar-refractivity contribution in [2.45, 2.75) is 39.3 Å². The number of hydrogen-bond acceptors (Lipinski definition) is 2. The van der Waals surface area contributed by atoms with E-state index in [-0.39, 0.29) is 0 Å². The van der Waals surface area contributed by atoms with Crippen LogP contribution in [0.3, 0.4) is 0 Å². The molecule has 1 aromatic rings. The summed E-state index contributed by atoms with van der Waals surface area (Å²) in [5, 5.41) is 3.43. The second kappa shape index (κ2) is 7.47. The van der Waals surface area contributed by atoms with Crippen LogP contribution in [0.15, 0.2) is 18.5 Å². The van der Waals surface area contributed by atoms with Crippen molar-refractivity contribution >= 4 is 0 Å². The van der Waals surface area contributed by atoms with E-state index in [1.165, 1.54) is 12.0 Å². The second-order valence-corrected chi connectivity index (χ2v) is 4.49. The third-order valence-corrected chi connectivity index (χ3v) is 2.42. The van der Waals surface area contributed by atoms with Crippen molar-refractivity contribution in [2.24, 2.45) is 7.05 Å². The first kappa shape index (κ1) is 13.3. The number of unbranched alkanes of at least 4 members (excludes halogenated alkanes) is 1. The zero-order valence-corrected chi connectivity index (χ0v) is 10.7. The Morgan fingerprint density at radius 1 is 1.38 bits per heavy atom. The second-order valence-electron chi connectivity index (χ2n) is 4.49. The van der Waals surface area contributed by atoms with Gasteiger partial charge >= 0.3 is 0 Å². The molecule has 1 heterocycles. The van der Waals surface area contributed by atoms with Crippen LogP contribution in [0, 0.1) is 0 Å². The van der Waals surface area contributed by atoms with Crippen LogP contribution in [0.5, 0.6) is 0 Å². The Morgan fingerprint density at radius 2 is 2.19 bits per heavy atom. The molecule has 1 aromatic heterocycles. The predicted molar refractivity (Wildman–Crippen MR) is 67.4 cm³/mol. The molecule has 0 aliphatic heterocycles. The first-order valence-electron chi connectivity index (χ1n) is 6.11. The van der Waals surface area contributed by atoms with Gasteiger partial charge in [0.05, 0.1) is 6.10 Å². The topological polar surface area (TPSA) is 26.2 Å². The third-order valence-electron chi connectivity index (χ3n) is 2.42. The minimum Gasteiger partial charge on any atom is -0.379 e. The molecule has 0 atom stereocenters. The summed E-state index contributed by atoms with van der Waals surface area (Å²) < 4.78 is 7.56. The van der Waals surface area contributed by atoms with E-state index < -0.39 is 0 Å². The van der Waals surface area contributed by atoms with Gasteiger partial charge in [0, 0.05) is 32.6 Å². The quantitative estimate of drug-likeness (QED) is 0.686. The van der Waals surface area contributed by atoms with Gasteiger partial charge in [-0.25, -0.2) is 0 Å². The van der Waals surface area contributed by atoms with E-state index in [4.69, 9.17) is 4.74 Å². The van der Waals surface area contributed by atoms with Crippen LogP contribution in [0.1, 0.15) is 32.3 Å². The Labute approximate surface area is 98.8 Å². The zero-order valence-electron chi connectivity index (χ0n) is 10.7. The van der Waals surface area contributed by atoms with Gasteiger partial charge in [0.1, 0.15) is 0 Å². The van der Waals surface area contributed by atoms with E-state index >= 15 is 0 Å². The Hall–Kier alpha value is -0.800. The first-order valence-corrected chi connectivity index (χ1v) is 6.11. The van der Waals surface area contributed by atoms with Gasteiger partial charge in [-0.3, -0.25) is 0 Å². The molecule has 0 saturated heterocycles. The Balaban J connectivity index is 1.92. The molecule has 0 spiro atoms. The monoisotopic (exact) mass is 224 g/mol. The fourth-order valence-corrected chi connectivity index (χ4v) is 1.57. The number of ether oxygens (including phenoxy) is 1. The maximum absolute atomic E-state index is 5.48. The molecule has 0 bridgehead atoms. The molecule has 16 heavy (non-hydrogen) atoms. The van der Waals surface area contributed by atoms with E-state index in [2.05, 4.69) is 42.2 Å². The summed E-state index contributed by atoms with van der Waals surface area (Å²) in [6.45, 7) is 7.06. The van der Waals surface area contributed by atoms with Crippen LogP contribution in [0.25, 0.3) is 0 Å². The number of aromatic nitrogens is 1. The first-order chi connectivity index (χ1) is 7.68. The molecule has 0 aromatic carbocycles. The minimum absolute atomic E-state index is 0.359. The van der Waals surface area contributed by atoms with Crippen LogP contribution in [0.2, 0.25) is 0 Å². The summed E-state index contributed by atoms with van der Waals surface area (Å²) in [7, 11) is 2.05. The fourth-order valence-electron chi connectivity index (χ4n) is 1.57. The summed E-state index contributed by atoms with van der Waals surface area (Å²) >= 11 is 0. The lowest BCUT2D eigenvalue weighted by atomic mass is 10.3. The van der Waals surface area contributed by atoms with Crippen LogP contribution in [-0.2, 0) is 18.3 Å². The molecule has 92 valence electrons. The van der Waals surface area contributed by atoms with Gasteiger partial charge in [0.15, 0.2) is 0 Å². The average Bonchev–Trinajstić information content (AvgIpc) is 2.62. The van der Waals surface area contributed by atoms with E-state index in [1.807, 2.05) is 7.05 Å². The summed E-state index contributed by atoms with van der Waals surface area (Å²) in [5.74, 6) is 0. The third kappa shape index (κ3) is 5.93. The highest BCUT2D eigenvalue weighted by molar-refractivity contribution is 5.09. The smallest absolute Gasteiger partial charge is 0.0518 e. The van der Waals surface area contributed by atoms with Crippen molar-refractivity contribution in [3.05, 3.63) is 24.0 Å². The van der Waals surface area contributed by atoms with Crippen molar-refractivity contribution in [3.8, 4) is 0 Å². The van der Waals surface area contributed by atoms with E-state index in [9.17, 15) is 0 Å². The summed E-state index contributed by atoms with van der Waals surface area (Å²) in [5.41, 5.74) is 1.35. The van der Waals surface area contributed by atoms with Crippen molar-refractivity contribution in [1.82, 2.24) is 9.88 Å². The van der Waals surface area contributed by atoms with E-state index in [1.54, 1.807) is 0 Å². The van der Waals surface area contributed by atoms with E-state index in [0.717, 1.165) is 26.1 Å². The molecule has 1 N–H and O–H groups in total. The van der Waals surface area contributed by atoms with Crippen molar-refractivity contribution in [1.29, 1.82) is 0 Å².